The molecule has 0 aliphatic rings. The zero-order valence-corrected chi connectivity index (χ0v) is 10.9. The lowest BCUT2D eigenvalue weighted by Gasteiger charge is -2.24. The van der Waals surface area contributed by atoms with E-state index >= 15 is 0 Å². The molecule has 4 heteroatoms. The summed E-state index contributed by atoms with van der Waals surface area (Å²) in [5, 5.41) is 4.03. The smallest absolute Gasteiger partial charge is 0.303 e. The number of nitrogens with one attached hydrogen (secondary N) is 1. The van der Waals surface area contributed by atoms with Crippen LogP contribution in [0.15, 0.2) is 36.4 Å². The Morgan fingerprint density at radius 1 is 1.11 bits per heavy atom. The van der Waals surface area contributed by atoms with Gasteiger partial charge in [-0.2, -0.15) is 13.2 Å². The normalized spacial score (nSPS) is 13.7. The molecular weight excluding hydrogens is 251 g/mol. The monoisotopic (exact) mass is 267 g/mol. The minimum atomic E-state index is -4.30. The average Bonchev–Trinajstić information content (AvgIpc) is 2.35. The van der Waals surface area contributed by atoms with Crippen molar-refractivity contribution in [2.45, 2.75) is 26.1 Å². The summed E-state index contributed by atoms with van der Waals surface area (Å²) >= 11 is 0. The molecule has 102 valence electrons. The first kappa shape index (κ1) is 13.9. The van der Waals surface area contributed by atoms with E-state index in [0.29, 0.717) is 16.5 Å². The van der Waals surface area contributed by atoms with Crippen molar-refractivity contribution >= 4 is 10.8 Å². The minimum Gasteiger partial charge on any atom is -0.303 e. The lowest BCUT2D eigenvalue weighted by molar-refractivity contribution is -0.157. The molecule has 0 fully saturated rings. The number of aryl methyl sites for hydroxylation is 1. The van der Waals surface area contributed by atoms with Crippen molar-refractivity contribution < 1.29 is 13.2 Å². The molecule has 1 atom stereocenters. The van der Waals surface area contributed by atoms with Gasteiger partial charge in [-0.1, -0.05) is 43.3 Å². The van der Waals surface area contributed by atoms with Gasteiger partial charge >= 0.3 is 6.18 Å². The highest BCUT2D eigenvalue weighted by Gasteiger charge is 2.41. The molecule has 0 bridgehead atoms. The van der Waals surface area contributed by atoms with Crippen molar-refractivity contribution in [3.63, 3.8) is 0 Å². The molecule has 19 heavy (non-hydrogen) atoms. The fourth-order valence-corrected chi connectivity index (χ4v) is 2.37. The van der Waals surface area contributed by atoms with Crippen LogP contribution >= 0.6 is 0 Å². The maximum atomic E-state index is 13.2. The molecular formula is C15H16F3N. The second-order valence-corrected chi connectivity index (χ2v) is 4.55. The van der Waals surface area contributed by atoms with Crippen LogP contribution in [0.2, 0.25) is 0 Å². The van der Waals surface area contributed by atoms with Crippen LogP contribution in [0.4, 0.5) is 13.2 Å². The topological polar surface area (TPSA) is 12.0 Å². The Hall–Kier alpha value is -1.55. The molecule has 0 saturated heterocycles. The summed E-state index contributed by atoms with van der Waals surface area (Å²) in [7, 11) is 0. The van der Waals surface area contributed by atoms with Crippen LogP contribution in [0.5, 0.6) is 0 Å². The van der Waals surface area contributed by atoms with E-state index in [2.05, 4.69) is 5.32 Å². The second-order valence-electron chi connectivity index (χ2n) is 4.55. The summed E-state index contributed by atoms with van der Waals surface area (Å²) in [5.41, 5.74) is 0.981. The Morgan fingerprint density at radius 3 is 2.42 bits per heavy atom. The van der Waals surface area contributed by atoms with Gasteiger partial charge in [0.2, 0.25) is 0 Å². The molecule has 0 heterocycles. The third-order valence-electron chi connectivity index (χ3n) is 3.21. The summed E-state index contributed by atoms with van der Waals surface area (Å²) in [6.07, 6.45) is -4.30. The number of hydrogen-bond acceptors (Lipinski definition) is 1. The molecule has 0 spiro atoms. The van der Waals surface area contributed by atoms with Gasteiger partial charge in [0.05, 0.1) is 0 Å². The Bertz CT molecular complexity index is 575. The van der Waals surface area contributed by atoms with Gasteiger partial charge in [-0.3, -0.25) is 0 Å². The minimum absolute atomic E-state index is 0.271. The van der Waals surface area contributed by atoms with E-state index < -0.39 is 12.2 Å². The van der Waals surface area contributed by atoms with Gasteiger partial charge < -0.3 is 5.32 Å². The quantitative estimate of drug-likeness (QED) is 0.871. The van der Waals surface area contributed by atoms with Gasteiger partial charge in [0, 0.05) is 0 Å². The lowest BCUT2D eigenvalue weighted by atomic mass is 9.94. The number of fused-ring (bicyclic) bond motifs is 1. The second kappa shape index (κ2) is 5.21. The third kappa shape index (κ3) is 2.73. The van der Waals surface area contributed by atoms with E-state index in [-0.39, 0.29) is 6.54 Å². The van der Waals surface area contributed by atoms with Crippen LogP contribution in [-0.2, 0) is 0 Å². The fraction of sp³-hybridized carbons (Fsp3) is 0.333. The zero-order chi connectivity index (χ0) is 14.0. The maximum Gasteiger partial charge on any atom is 0.407 e. The van der Waals surface area contributed by atoms with Gasteiger partial charge in [0.1, 0.15) is 6.04 Å². The zero-order valence-electron chi connectivity index (χ0n) is 10.9. The number of benzene rings is 2. The summed E-state index contributed by atoms with van der Waals surface area (Å²) in [4.78, 5) is 0. The van der Waals surface area contributed by atoms with E-state index in [4.69, 9.17) is 0 Å². The molecule has 1 unspecified atom stereocenters. The Labute approximate surface area is 110 Å². The van der Waals surface area contributed by atoms with Gasteiger partial charge in [0.25, 0.3) is 0 Å². The van der Waals surface area contributed by atoms with Crippen LogP contribution in [0.1, 0.15) is 24.1 Å². The first-order valence-corrected chi connectivity index (χ1v) is 6.23. The van der Waals surface area contributed by atoms with Gasteiger partial charge in [-0.05, 0) is 35.4 Å². The average molecular weight is 267 g/mol. The van der Waals surface area contributed by atoms with Crippen LogP contribution < -0.4 is 5.32 Å². The molecule has 1 nitrogen and oxygen atoms in total. The van der Waals surface area contributed by atoms with Gasteiger partial charge in [-0.15, -0.1) is 0 Å². The predicted molar refractivity (Wildman–Crippen MR) is 71.2 cm³/mol. The highest BCUT2D eigenvalue weighted by molar-refractivity contribution is 5.87. The first-order valence-electron chi connectivity index (χ1n) is 6.23. The third-order valence-corrected chi connectivity index (χ3v) is 3.21. The largest absolute Gasteiger partial charge is 0.407 e. The lowest BCUT2D eigenvalue weighted by Crippen LogP contribution is -2.34. The van der Waals surface area contributed by atoms with Crippen molar-refractivity contribution in [1.82, 2.24) is 5.32 Å². The number of hydrogen-bond donors (Lipinski definition) is 1. The Kier molecular flexibility index (Phi) is 3.80. The van der Waals surface area contributed by atoms with E-state index in [0.717, 1.165) is 5.39 Å². The van der Waals surface area contributed by atoms with Crippen molar-refractivity contribution in [3.05, 3.63) is 47.5 Å². The molecule has 0 saturated carbocycles. The molecule has 1 N–H and O–H groups in total. The molecule has 0 amide bonds. The molecule has 2 aromatic rings. The van der Waals surface area contributed by atoms with Crippen molar-refractivity contribution in [1.29, 1.82) is 0 Å². The highest BCUT2D eigenvalue weighted by Crippen LogP contribution is 2.37. The van der Waals surface area contributed by atoms with E-state index in [1.807, 2.05) is 18.2 Å². The van der Waals surface area contributed by atoms with Crippen LogP contribution in [0, 0.1) is 6.92 Å². The highest BCUT2D eigenvalue weighted by atomic mass is 19.4. The van der Waals surface area contributed by atoms with E-state index in [1.54, 1.807) is 32.0 Å². The molecule has 2 rings (SSSR count). The standard InChI is InChI=1S/C15H16F3N/c1-3-19-14(15(16,17)18)13-10(2)8-9-11-6-4-5-7-12(11)13/h4-9,14,19H,3H2,1-2H3. The van der Waals surface area contributed by atoms with Crippen LogP contribution in [0.25, 0.3) is 10.8 Å². The number of halogens is 3. The SMILES string of the molecule is CCNC(c1c(C)ccc2ccccc12)C(F)(F)F. The Balaban J connectivity index is 2.67. The van der Waals surface area contributed by atoms with E-state index in [9.17, 15) is 13.2 Å². The van der Waals surface area contributed by atoms with Crippen molar-refractivity contribution in [2.75, 3.05) is 6.54 Å². The molecule has 0 aromatic heterocycles. The molecule has 0 aliphatic heterocycles. The molecule has 2 aromatic carbocycles. The summed E-state index contributed by atoms with van der Waals surface area (Å²) in [6, 6.07) is 9.15. The summed E-state index contributed by atoms with van der Waals surface area (Å²) in [6.45, 7) is 3.67. The fourth-order valence-electron chi connectivity index (χ4n) is 2.37. The van der Waals surface area contributed by atoms with Crippen LogP contribution in [0.3, 0.4) is 0 Å². The Morgan fingerprint density at radius 2 is 1.79 bits per heavy atom. The van der Waals surface area contributed by atoms with E-state index in [1.165, 1.54) is 0 Å². The molecule has 0 aliphatic carbocycles. The summed E-state index contributed by atoms with van der Waals surface area (Å²) in [5.74, 6) is 0. The van der Waals surface area contributed by atoms with Gasteiger partial charge in [0.15, 0.2) is 0 Å². The van der Waals surface area contributed by atoms with Crippen LogP contribution in [-0.4, -0.2) is 12.7 Å². The number of rotatable bonds is 3. The summed E-state index contributed by atoms with van der Waals surface area (Å²) < 4.78 is 39.7. The van der Waals surface area contributed by atoms with Crippen molar-refractivity contribution in [2.24, 2.45) is 0 Å². The predicted octanol–water partition coefficient (Wildman–Crippen LogP) is 4.36. The van der Waals surface area contributed by atoms with Gasteiger partial charge in [-0.25, -0.2) is 0 Å². The number of alkyl halides is 3. The first-order chi connectivity index (χ1) is 8.95. The maximum absolute atomic E-state index is 13.2. The molecule has 0 radical (unpaired) electrons. The van der Waals surface area contributed by atoms with Crippen molar-refractivity contribution in [3.8, 4) is 0 Å².